The molecule has 1 N–H and O–H groups in total. The zero-order chi connectivity index (χ0) is 19.7. The number of nitrogens with one attached hydrogen (secondary N) is 1. The second-order valence-electron chi connectivity index (χ2n) is 6.68. The molecule has 0 radical (unpaired) electrons. The molecule has 0 spiro atoms. The summed E-state index contributed by atoms with van der Waals surface area (Å²) in [6, 6.07) is 10.5. The average Bonchev–Trinajstić information content (AvgIpc) is 3.47. The van der Waals surface area contributed by atoms with Crippen molar-refractivity contribution >= 4 is 9.84 Å². The first kappa shape index (κ1) is 19.8. The molecule has 1 aliphatic carbocycles. The molecule has 1 atom stereocenters. The number of halogens is 3. The zero-order valence-corrected chi connectivity index (χ0v) is 15.6. The summed E-state index contributed by atoms with van der Waals surface area (Å²) in [4.78, 5) is 3.95. The van der Waals surface area contributed by atoms with Crippen LogP contribution in [0.25, 0.3) is 0 Å². The van der Waals surface area contributed by atoms with E-state index >= 15 is 0 Å². The molecule has 1 aromatic carbocycles. The van der Waals surface area contributed by atoms with E-state index in [0.29, 0.717) is 11.6 Å². The van der Waals surface area contributed by atoms with E-state index in [-0.39, 0.29) is 23.2 Å². The third-order valence-electron chi connectivity index (χ3n) is 4.65. The second kappa shape index (κ2) is 7.59. The number of sulfone groups is 1. The van der Waals surface area contributed by atoms with E-state index in [0.717, 1.165) is 24.5 Å². The number of nitrogens with zero attached hydrogens (tertiary/aromatic N) is 1. The predicted molar refractivity (Wildman–Crippen MR) is 95.7 cm³/mol. The first-order chi connectivity index (χ1) is 12.7. The molecule has 1 aliphatic rings. The van der Waals surface area contributed by atoms with E-state index in [1.807, 2.05) is 6.07 Å². The zero-order valence-electron chi connectivity index (χ0n) is 14.8. The van der Waals surface area contributed by atoms with Crippen molar-refractivity contribution < 1.29 is 21.6 Å². The van der Waals surface area contributed by atoms with Gasteiger partial charge in [-0.1, -0.05) is 25.1 Å². The van der Waals surface area contributed by atoms with E-state index in [1.165, 1.54) is 6.07 Å². The third-order valence-corrected chi connectivity index (χ3v) is 6.38. The van der Waals surface area contributed by atoms with Gasteiger partial charge in [0.1, 0.15) is 5.69 Å². The summed E-state index contributed by atoms with van der Waals surface area (Å²) in [6.07, 6.45) is -2.48. The number of hydrogen-bond donors (Lipinski definition) is 1. The van der Waals surface area contributed by atoms with E-state index in [1.54, 1.807) is 31.2 Å². The van der Waals surface area contributed by atoms with Gasteiger partial charge in [-0.3, -0.25) is 0 Å². The summed E-state index contributed by atoms with van der Waals surface area (Å²) in [6.45, 7) is 1.77. The Bertz CT molecular complexity index is 909. The summed E-state index contributed by atoms with van der Waals surface area (Å²) < 4.78 is 62.7. The maximum absolute atomic E-state index is 12.8. The van der Waals surface area contributed by atoms with Crippen molar-refractivity contribution in [3.8, 4) is 0 Å². The van der Waals surface area contributed by atoms with Gasteiger partial charge in [-0.05, 0) is 48.6 Å². The van der Waals surface area contributed by atoms with Gasteiger partial charge in [0, 0.05) is 12.6 Å². The lowest BCUT2D eigenvalue weighted by Crippen LogP contribution is -2.24. The molecule has 4 nitrogen and oxygen atoms in total. The number of rotatable bonds is 7. The number of aromatic nitrogens is 1. The highest BCUT2D eigenvalue weighted by molar-refractivity contribution is 7.91. The maximum atomic E-state index is 12.8. The van der Waals surface area contributed by atoms with Gasteiger partial charge >= 0.3 is 6.18 Å². The molecule has 146 valence electrons. The number of alkyl halides is 3. The number of benzene rings is 1. The van der Waals surface area contributed by atoms with Crippen LogP contribution in [0.3, 0.4) is 0 Å². The Labute approximate surface area is 156 Å². The highest BCUT2D eigenvalue weighted by Gasteiger charge is 2.34. The topological polar surface area (TPSA) is 59.1 Å². The number of pyridine rings is 1. The van der Waals surface area contributed by atoms with Gasteiger partial charge in [-0.15, -0.1) is 0 Å². The molecule has 1 saturated carbocycles. The lowest BCUT2D eigenvalue weighted by Gasteiger charge is -2.20. The molecule has 27 heavy (non-hydrogen) atoms. The average molecular weight is 398 g/mol. The van der Waals surface area contributed by atoms with Gasteiger partial charge in [0.25, 0.3) is 0 Å². The lowest BCUT2D eigenvalue weighted by atomic mass is 10.0. The molecule has 3 rings (SSSR count). The van der Waals surface area contributed by atoms with Crippen LogP contribution in [-0.4, -0.2) is 19.2 Å². The van der Waals surface area contributed by atoms with Crippen LogP contribution in [-0.2, 0) is 22.6 Å². The lowest BCUT2D eigenvalue weighted by molar-refractivity contribution is -0.141. The molecule has 1 heterocycles. The largest absolute Gasteiger partial charge is 0.433 e. The molecular weight excluding hydrogens is 377 g/mol. The Morgan fingerprint density at radius 3 is 2.52 bits per heavy atom. The molecule has 1 fully saturated rings. The van der Waals surface area contributed by atoms with Crippen LogP contribution >= 0.6 is 0 Å². The minimum atomic E-state index is -4.48. The van der Waals surface area contributed by atoms with Crippen LogP contribution in [0, 0.1) is 5.92 Å². The predicted octanol–water partition coefficient (Wildman–Crippen LogP) is 4.13. The Morgan fingerprint density at radius 2 is 1.89 bits per heavy atom. The number of hydrogen-bond acceptors (Lipinski definition) is 4. The summed E-state index contributed by atoms with van der Waals surface area (Å²) in [5.41, 5.74) is 0.215. The molecule has 0 saturated heterocycles. The van der Waals surface area contributed by atoms with Gasteiger partial charge in [0.2, 0.25) is 0 Å². The molecule has 0 amide bonds. The van der Waals surface area contributed by atoms with Crippen LogP contribution in [0.4, 0.5) is 13.2 Å². The standard InChI is InChI=1S/C19H21F3N2O2S/c1-2-27(25,26)16-7-3-5-14(11-16)18(13-9-10-13)23-12-15-6-4-8-17(24-15)19(20,21)22/h3-8,11,13,18,23H,2,9-10,12H2,1H3. The molecule has 8 heteroatoms. The van der Waals surface area contributed by atoms with E-state index in [4.69, 9.17) is 0 Å². The van der Waals surface area contributed by atoms with Crippen molar-refractivity contribution in [1.29, 1.82) is 0 Å². The van der Waals surface area contributed by atoms with Crippen molar-refractivity contribution in [2.24, 2.45) is 5.92 Å². The Morgan fingerprint density at radius 1 is 1.19 bits per heavy atom. The fourth-order valence-electron chi connectivity index (χ4n) is 3.00. The van der Waals surface area contributed by atoms with Crippen LogP contribution in [0.5, 0.6) is 0 Å². The summed E-state index contributed by atoms with van der Waals surface area (Å²) in [5.74, 6) is 0.363. The van der Waals surface area contributed by atoms with Crippen molar-refractivity contribution in [2.45, 2.75) is 43.4 Å². The quantitative estimate of drug-likeness (QED) is 0.762. The van der Waals surface area contributed by atoms with Crippen LogP contribution in [0.15, 0.2) is 47.4 Å². The second-order valence-corrected chi connectivity index (χ2v) is 8.96. The maximum Gasteiger partial charge on any atom is 0.433 e. The van der Waals surface area contributed by atoms with Gasteiger partial charge in [0.15, 0.2) is 9.84 Å². The fourth-order valence-corrected chi connectivity index (χ4v) is 3.94. The minimum absolute atomic E-state index is 0.0200. The third kappa shape index (κ3) is 4.87. The first-order valence-electron chi connectivity index (χ1n) is 8.80. The molecule has 1 aromatic heterocycles. The van der Waals surface area contributed by atoms with Crippen molar-refractivity contribution in [2.75, 3.05) is 5.75 Å². The highest BCUT2D eigenvalue weighted by Crippen LogP contribution is 2.41. The Kier molecular flexibility index (Phi) is 5.58. The summed E-state index contributed by atoms with van der Waals surface area (Å²) in [5, 5.41) is 3.26. The smallest absolute Gasteiger partial charge is 0.304 e. The van der Waals surface area contributed by atoms with E-state index < -0.39 is 21.7 Å². The molecule has 0 bridgehead atoms. The molecule has 0 aliphatic heterocycles. The van der Waals surface area contributed by atoms with Crippen LogP contribution < -0.4 is 5.32 Å². The van der Waals surface area contributed by atoms with Gasteiger partial charge in [0.05, 0.1) is 16.3 Å². The van der Waals surface area contributed by atoms with Crippen molar-refractivity contribution in [1.82, 2.24) is 10.3 Å². The molecular formula is C19H21F3N2O2S. The minimum Gasteiger partial charge on any atom is -0.304 e. The summed E-state index contributed by atoms with van der Waals surface area (Å²) in [7, 11) is -3.31. The Balaban J connectivity index is 1.79. The van der Waals surface area contributed by atoms with Gasteiger partial charge in [-0.2, -0.15) is 13.2 Å². The SMILES string of the molecule is CCS(=O)(=O)c1cccc(C(NCc2cccc(C(F)(F)F)n2)C2CC2)c1. The normalized spacial score (nSPS) is 16.3. The first-order valence-corrected chi connectivity index (χ1v) is 10.4. The van der Waals surface area contributed by atoms with Gasteiger partial charge < -0.3 is 5.32 Å². The van der Waals surface area contributed by atoms with Crippen molar-refractivity contribution in [3.63, 3.8) is 0 Å². The monoisotopic (exact) mass is 398 g/mol. The Hall–Kier alpha value is -1.93. The molecule has 2 aromatic rings. The molecule has 1 unspecified atom stereocenters. The van der Waals surface area contributed by atoms with Crippen LogP contribution in [0.2, 0.25) is 0 Å². The fraction of sp³-hybridized carbons (Fsp3) is 0.421. The van der Waals surface area contributed by atoms with Crippen LogP contribution in [0.1, 0.15) is 42.8 Å². The summed E-state index contributed by atoms with van der Waals surface area (Å²) >= 11 is 0. The van der Waals surface area contributed by atoms with E-state index in [9.17, 15) is 21.6 Å². The van der Waals surface area contributed by atoms with E-state index in [2.05, 4.69) is 10.3 Å². The highest BCUT2D eigenvalue weighted by atomic mass is 32.2. The van der Waals surface area contributed by atoms with Crippen molar-refractivity contribution in [3.05, 3.63) is 59.4 Å². The van der Waals surface area contributed by atoms with Gasteiger partial charge in [-0.25, -0.2) is 13.4 Å².